The fourth-order valence-corrected chi connectivity index (χ4v) is 3.32. The predicted molar refractivity (Wildman–Crippen MR) is 123 cm³/mol. The fraction of sp³-hybridized carbons (Fsp3) is 0.0417. The number of fused-ring (bicyclic) bond motifs is 1. The maximum atomic E-state index is 12.8. The highest BCUT2D eigenvalue weighted by Crippen LogP contribution is 2.23. The van der Waals surface area contributed by atoms with E-state index in [1.165, 1.54) is 15.6 Å². The van der Waals surface area contributed by atoms with E-state index in [1.807, 2.05) is 60.7 Å². The van der Waals surface area contributed by atoms with Gasteiger partial charge in [-0.1, -0.05) is 47.7 Å². The average molecular weight is 438 g/mol. The number of carbonyl (C=O) groups excluding carboxylic acids is 1. The van der Waals surface area contributed by atoms with Crippen molar-refractivity contribution < 1.29 is 9.53 Å². The average Bonchev–Trinajstić information content (AvgIpc) is 3.27. The molecule has 1 amide bonds. The number of ether oxygens (including phenoxy) is 1. The minimum atomic E-state index is -0.446. The largest absolute Gasteiger partial charge is 0.457 e. The van der Waals surface area contributed by atoms with Gasteiger partial charge in [-0.15, -0.1) is 5.10 Å². The molecule has 9 nitrogen and oxygen atoms in total. The van der Waals surface area contributed by atoms with Crippen LogP contribution in [-0.4, -0.2) is 30.5 Å². The fourth-order valence-electron chi connectivity index (χ4n) is 3.32. The van der Waals surface area contributed by atoms with Crippen molar-refractivity contribution in [1.82, 2.24) is 24.5 Å². The van der Waals surface area contributed by atoms with Crippen molar-refractivity contribution in [2.45, 2.75) is 6.54 Å². The monoisotopic (exact) mass is 438 g/mol. The number of para-hydroxylation sites is 2. The number of hydrogen-bond acceptors (Lipinski definition) is 6. The summed E-state index contributed by atoms with van der Waals surface area (Å²) >= 11 is 0. The van der Waals surface area contributed by atoms with E-state index in [0.29, 0.717) is 22.8 Å². The third-order valence-electron chi connectivity index (χ3n) is 4.84. The molecule has 0 aliphatic rings. The van der Waals surface area contributed by atoms with E-state index in [9.17, 15) is 9.59 Å². The summed E-state index contributed by atoms with van der Waals surface area (Å²) in [6.07, 6.45) is 1.32. The number of nitrogens with zero attached hydrogens (tertiary/aromatic N) is 5. The van der Waals surface area contributed by atoms with E-state index in [2.05, 4.69) is 20.6 Å². The van der Waals surface area contributed by atoms with Crippen molar-refractivity contribution in [3.8, 4) is 17.2 Å². The molecule has 3 aromatic carbocycles. The molecule has 5 rings (SSSR count). The first-order valence-corrected chi connectivity index (χ1v) is 10.2. The van der Waals surface area contributed by atoms with E-state index in [-0.39, 0.29) is 18.0 Å². The van der Waals surface area contributed by atoms with Gasteiger partial charge in [-0.25, -0.2) is 4.98 Å². The molecule has 0 saturated carbocycles. The molecule has 1 N–H and O–H groups in total. The summed E-state index contributed by atoms with van der Waals surface area (Å²) < 4.78 is 8.48. The maximum absolute atomic E-state index is 12.8. The van der Waals surface area contributed by atoms with Crippen molar-refractivity contribution in [3.05, 3.63) is 102 Å². The number of amides is 1. The second-order valence-corrected chi connectivity index (χ2v) is 7.18. The lowest BCUT2D eigenvalue weighted by molar-refractivity contribution is -0.116. The number of nitrogens with one attached hydrogen (secondary N) is 1. The molecule has 5 aromatic rings. The van der Waals surface area contributed by atoms with Crippen LogP contribution in [0.4, 0.5) is 5.69 Å². The van der Waals surface area contributed by atoms with Crippen LogP contribution in [0, 0.1) is 0 Å². The Bertz CT molecular complexity index is 1480. The Balaban J connectivity index is 1.32. The Morgan fingerprint density at radius 2 is 1.64 bits per heavy atom. The van der Waals surface area contributed by atoms with Gasteiger partial charge < -0.3 is 10.1 Å². The SMILES string of the molecule is O=C(Cn1cnc2c(nnn2-c2ccccc2)c1=O)Nc1cccc(Oc2ccccc2)c1. The van der Waals surface area contributed by atoms with Crippen LogP contribution in [0.5, 0.6) is 11.5 Å². The van der Waals surface area contributed by atoms with Gasteiger partial charge in [0.2, 0.25) is 5.91 Å². The first-order chi connectivity index (χ1) is 16.2. The van der Waals surface area contributed by atoms with Crippen LogP contribution in [0.1, 0.15) is 0 Å². The highest BCUT2D eigenvalue weighted by Gasteiger charge is 2.15. The molecule has 33 heavy (non-hydrogen) atoms. The molecule has 2 heterocycles. The first kappa shape index (κ1) is 20.1. The number of benzene rings is 3. The van der Waals surface area contributed by atoms with Crippen LogP contribution in [0.15, 0.2) is 96.1 Å². The molecule has 0 unspecified atom stereocenters. The van der Waals surface area contributed by atoms with Crippen molar-refractivity contribution in [2.24, 2.45) is 0 Å². The van der Waals surface area contributed by atoms with Crippen LogP contribution in [0.2, 0.25) is 0 Å². The van der Waals surface area contributed by atoms with Gasteiger partial charge in [-0.2, -0.15) is 4.68 Å². The number of aromatic nitrogens is 5. The van der Waals surface area contributed by atoms with Gasteiger partial charge in [-0.3, -0.25) is 14.2 Å². The zero-order valence-electron chi connectivity index (χ0n) is 17.3. The van der Waals surface area contributed by atoms with E-state index >= 15 is 0 Å². The Hall–Kier alpha value is -4.79. The maximum Gasteiger partial charge on any atom is 0.284 e. The predicted octanol–water partition coefficient (Wildman–Crippen LogP) is 3.41. The third kappa shape index (κ3) is 4.33. The molecule has 0 bridgehead atoms. The van der Waals surface area contributed by atoms with Crippen LogP contribution in [-0.2, 0) is 11.3 Å². The van der Waals surface area contributed by atoms with Gasteiger partial charge in [0.1, 0.15) is 24.4 Å². The van der Waals surface area contributed by atoms with Crippen LogP contribution >= 0.6 is 0 Å². The van der Waals surface area contributed by atoms with Crippen LogP contribution in [0.25, 0.3) is 16.9 Å². The van der Waals surface area contributed by atoms with E-state index in [0.717, 1.165) is 5.69 Å². The lowest BCUT2D eigenvalue weighted by atomic mass is 10.3. The van der Waals surface area contributed by atoms with Gasteiger partial charge in [-0.05, 0) is 36.4 Å². The van der Waals surface area contributed by atoms with E-state index < -0.39 is 5.56 Å². The van der Waals surface area contributed by atoms with E-state index in [1.54, 1.807) is 24.3 Å². The van der Waals surface area contributed by atoms with Crippen molar-refractivity contribution >= 4 is 22.8 Å². The summed E-state index contributed by atoms with van der Waals surface area (Å²) in [7, 11) is 0. The molecule has 0 radical (unpaired) electrons. The van der Waals surface area contributed by atoms with E-state index in [4.69, 9.17) is 4.74 Å². The third-order valence-corrected chi connectivity index (χ3v) is 4.84. The summed E-state index contributed by atoms with van der Waals surface area (Å²) in [5.41, 5.74) is 1.25. The molecule has 0 spiro atoms. The summed E-state index contributed by atoms with van der Waals surface area (Å²) in [6.45, 7) is -0.219. The minimum Gasteiger partial charge on any atom is -0.457 e. The van der Waals surface area contributed by atoms with Gasteiger partial charge in [0.15, 0.2) is 11.2 Å². The molecule has 0 saturated heterocycles. The number of carbonyl (C=O) groups is 1. The molecular formula is C24H18N6O3. The van der Waals surface area contributed by atoms with Gasteiger partial charge in [0.25, 0.3) is 5.56 Å². The zero-order chi connectivity index (χ0) is 22.6. The standard InChI is InChI=1S/C24H18N6O3/c31-21(26-17-8-7-13-20(14-17)33-19-11-5-2-6-12-19)15-29-16-25-23-22(24(29)32)27-28-30(23)18-9-3-1-4-10-18/h1-14,16H,15H2,(H,26,31). The first-order valence-electron chi connectivity index (χ1n) is 10.2. The van der Waals surface area contributed by atoms with Crippen molar-refractivity contribution in [2.75, 3.05) is 5.32 Å². The zero-order valence-corrected chi connectivity index (χ0v) is 17.3. The number of hydrogen-bond donors (Lipinski definition) is 1. The Morgan fingerprint density at radius 3 is 2.42 bits per heavy atom. The second kappa shape index (κ2) is 8.75. The second-order valence-electron chi connectivity index (χ2n) is 7.18. The van der Waals surface area contributed by atoms with Gasteiger partial charge in [0, 0.05) is 11.8 Å². The lowest BCUT2D eigenvalue weighted by Crippen LogP contribution is -2.28. The molecule has 0 aliphatic carbocycles. The van der Waals surface area contributed by atoms with Crippen LogP contribution < -0.4 is 15.6 Å². The molecule has 162 valence electrons. The van der Waals surface area contributed by atoms with Crippen molar-refractivity contribution in [3.63, 3.8) is 0 Å². The Kier molecular flexibility index (Phi) is 5.34. The highest BCUT2D eigenvalue weighted by molar-refractivity contribution is 5.90. The lowest BCUT2D eigenvalue weighted by Gasteiger charge is -2.10. The molecular weight excluding hydrogens is 420 g/mol. The van der Waals surface area contributed by atoms with Crippen LogP contribution in [0.3, 0.4) is 0 Å². The van der Waals surface area contributed by atoms with Gasteiger partial charge in [0.05, 0.1) is 5.69 Å². The van der Waals surface area contributed by atoms with Gasteiger partial charge >= 0.3 is 0 Å². The summed E-state index contributed by atoms with van der Waals surface area (Å²) in [6, 6.07) is 25.6. The summed E-state index contributed by atoms with van der Waals surface area (Å²) in [4.78, 5) is 29.7. The highest BCUT2D eigenvalue weighted by atomic mass is 16.5. The van der Waals surface area contributed by atoms with Crippen molar-refractivity contribution in [1.29, 1.82) is 0 Å². The molecule has 0 atom stereocenters. The molecule has 9 heteroatoms. The Morgan fingerprint density at radius 1 is 0.909 bits per heavy atom. The summed E-state index contributed by atoms with van der Waals surface area (Å²) in [5, 5.41) is 10.8. The summed E-state index contributed by atoms with van der Waals surface area (Å²) in [5.74, 6) is 0.887. The topological polar surface area (TPSA) is 104 Å². The molecule has 0 aliphatic heterocycles. The molecule has 2 aromatic heterocycles. The number of anilines is 1. The quantitative estimate of drug-likeness (QED) is 0.436. The smallest absolute Gasteiger partial charge is 0.284 e. The Labute approximate surface area is 187 Å². The molecule has 0 fully saturated rings. The minimum absolute atomic E-state index is 0.0902. The number of rotatable bonds is 6. The normalized spacial score (nSPS) is 10.8.